The average Bonchev–Trinajstić information content (AvgIpc) is 1.50. The fourth-order valence-electron chi connectivity index (χ4n) is 19.7. The van der Waals surface area contributed by atoms with Gasteiger partial charge in [-0.3, -0.25) is 0 Å². The highest BCUT2D eigenvalue weighted by molar-refractivity contribution is 6.12. The molecule has 0 atom stereocenters. The third-order valence-corrected chi connectivity index (χ3v) is 25.8. The second kappa shape index (κ2) is 22.9. The largest absolute Gasteiger partial charge is 0.309 e. The fraction of sp³-hybridized carbons (Fsp3) is 0.113. The first-order chi connectivity index (χ1) is 53.0. The molecule has 4 aliphatic heterocycles. The first kappa shape index (κ1) is 63.5. The van der Waals surface area contributed by atoms with Gasteiger partial charge in [-0.1, -0.05) is 256 Å². The lowest BCUT2D eigenvalue weighted by Gasteiger charge is -2.50. The van der Waals surface area contributed by atoms with Gasteiger partial charge in [-0.05, 0) is 288 Å². The van der Waals surface area contributed by atoms with E-state index in [1.165, 1.54) is 210 Å². The predicted octanol–water partition coefficient (Wildman–Crippen LogP) is 28.9. The van der Waals surface area contributed by atoms with Crippen LogP contribution >= 0.6 is 0 Å². The molecular weight excluding hydrogens is 1320 g/mol. The van der Waals surface area contributed by atoms with Crippen LogP contribution in [0.5, 0.6) is 0 Å². The van der Waals surface area contributed by atoms with E-state index >= 15 is 0 Å². The summed E-state index contributed by atoms with van der Waals surface area (Å²) in [6.07, 6.45) is 0. The van der Waals surface area contributed by atoms with E-state index in [1.807, 2.05) is 0 Å². The minimum absolute atomic E-state index is 0.392. The average molecular weight is 1390 g/mol. The number of para-hydroxylation sites is 1. The van der Waals surface area contributed by atoms with E-state index in [4.69, 9.17) is 0 Å². The summed E-state index contributed by atoms with van der Waals surface area (Å²) in [4.78, 5) is 5.25. The molecule has 3 heteroatoms. The molecule has 0 amide bonds. The number of aromatic nitrogens is 1. The van der Waals surface area contributed by atoms with Crippen molar-refractivity contribution in [3.05, 3.63) is 378 Å². The summed E-state index contributed by atoms with van der Waals surface area (Å²) < 4.78 is 2.49. The van der Waals surface area contributed by atoms with Crippen LogP contribution in [0.15, 0.2) is 334 Å². The van der Waals surface area contributed by atoms with Gasteiger partial charge in [0.25, 0.3) is 0 Å². The van der Waals surface area contributed by atoms with E-state index in [0.717, 1.165) is 5.69 Å². The molecule has 518 valence electrons. The minimum Gasteiger partial charge on any atom is -0.309 e. The Hall–Kier alpha value is -12.8. The maximum absolute atomic E-state index is 2.63. The quantitative estimate of drug-likeness (QED) is 0.158. The van der Waals surface area contributed by atoms with Gasteiger partial charge in [0.1, 0.15) is 0 Å². The van der Waals surface area contributed by atoms with Crippen LogP contribution in [0, 0.1) is 0 Å². The summed E-state index contributed by atoms with van der Waals surface area (Å²) in [5.41, 5.74) is 34.6. The molecule has 22 rings (SSSR count). The van der Waals surface area contributed by atoms with Crippen LogP contribution in [0.25, 0.3) is 137 Å². The van der Waals surface area contributed by atoms with Crippen molar-refractivity contribution >= 4 is 99.0 Å². The van der Waals surface area contributed by atoms with E-state index in [2.05, 4.69) is 403 Å². The summed E-state index contributed by atoms with van der Waals surface area (Å²) in [5, 5.41) is 12.4. The van der Waals surface area contributed by atoms with Crippen molar-refractivity contribution in [3.63, 3.8) is 0 Å². The van der Waals surface area contributed by atoms with Gasteiger partial charge in [0.05, 0.1) is 45.2 Å². The van der Waals surface area contributed by atoms with Crippen molar-refractivity contribution in [2.45, 2.75) is 77.0 Å². The summed E-state index contributed by atoms with van der Waals surface area (Å²) in [6, 6.07) is 127. The molecule has 5 heterocycles. The van der Waals surface area contributed by atoms with E-state index < -0.39 is 21.7 Å². The molecule has 17 aromatic carbocycles. The van der Waals surface area contributed by atoms with Gasteiger partial charge >= 0.3 is 0 Å². The third kappa shape index (κ3) is 9.36. The fourth-order valence-corrected chi connectivity index (χ4v) is 19.7. The number of nitrogens with zero attached hydrogens (tertiary/aromatic N) is 3. The molecule has 3 nitrogen and oxygen atoms in total. The molecule has 0 fully saturated rings. The van der Waals surface area contributed by atoms with Gasteiger partial charge in [-0.2, -0.15) is 0 Å². The lowest BCUT2D eigenvalue weighted by Crippen LogP contribution is -2.38. The van der Waals surface area contributed by atoms with Crippen molar-refractivity contribution in [3.8, 4) is 72.4 Å². The maximum atomic E-state index is 2.63. The molecule has 0 unspecified atom stereocenters. The Morgan fingerprint density at radius 1 is 0.183 bits per heavy atom. The molecule has 0 saturated heterocycles. The Kier molecular flexibility index (Phi) is 13.3. The zero-order valence-electron chi connectivity index (χ0n) is 62.6. The van der Waals surface area contributed by atoms with Crippen molar-refractivity contribution in [2.24, 2.45) is 0 Å². The van der Waals surface area contributed by atoms with Gasteiger partial charge in [-0.25, -0.2) is 0 Å². The molecule has 0 N–H and O–H groups in total. The Bertz CT molecular complexity index is 6270. The van der Waals surface area contributed by atoms with Crippen molar-refractivity contribution in [1.82, 2.24) is 4.57 Å². The van der Waals surface area contributed by atoms with Crippen LogP contribution in [0.3, 0.4) is 0 Å². The van der Waals surface area contributed by atoms with Crippen LogP contribution in [-0.2, 0) is 21.7 Å². The van der Waals surface area contributed by atoms with Crippen molar-refractivity contribution in [1.29, 1.82) is 0 Å². The second-order valence-corrected chi connectivity index (χ2v) is 33.3. The number of rotatable bonds is 7. The summed E-state index contributed by atoms with van der Waals surface area (Å²) in [5.74, 6) is 0. The smallest absolute Gasteiger partial charge is 0.0544 e. The monoisotopic (exact) mass is 1390 g/mol. The first-order valence-electron chi connectivity index (χ1n) is 38.7. The van der Waals surface area contributed by atoms with Crippen molar-refractivity contribution < 1.29 is 0 Å². The Balaban J connectivity index is 0.734. The second-order valence-electron chi connectivity index (χ2n) is 33.3. The summed E-state index contributed by atoms with van der Waals surface area (Å²) >= 11 is 0. The maximum Gasteiger partial charge on any atom is 0.0544 e. The highest BCUT2D eigenvalue weighted by Gasteiger charge is 2.48. The Labute approximate surface area is 636 Å². The van der Waals surface area contributed by atoms with Gasteiger partial charge in [-0.15, -0.1) is 0 Å². The van der Waals surface area contributed by atoms with Crippen LogP contribution < -0.4 is 9.80 Å². The van der Waals surface area contributed by atoms with Gasteiger partial charge < -0.3 is 14.4 Å². The molecule has 0 bridgehead atoms. The molecule has 0 aliphatic carbocycles. The van der Waals surface area contributed by atoms with Crippen LogP contribution in [0.4, 0.5) is 34.1 Å². The first-order valence-corrected chi connectivity index (χ1v) is 38.7. The number of hydrogen-bond donors (Lipinski definition) is 0. The molecule has 0 saturated carbocycles. The molecule has 18 aromatic rings. The molecule has 0 spiro atoms. The zero-order valence-corrected chi connectivity index (χ0v) is 62.6. The number of anilines is 6. The highest BCUT2D eigenvalue weighted by Crippen LogP contribution is 2.64. The predicted molar refractivity (Wildman–Crippen MR) is 461 cm³/mol. The topological polar surface area (TPSA) is 11.4 Å². The number of benzene rings is 17. The Morgan fingerprint density at radius 3 is 0.706 bits per heavy atom. The summed E-state index contributed by atoms with van der Waals surface area (Å²) in [6.45, 7) is 19.7. The normalized spacial score (nSPS) is 15.0. The van der Waals surface area contributed by atoms with E-state index in [-0.39, 0.29) is 0 Å². The lowest BCUT2D eigenvalue weighted by molar-refractivity contribution is 0.597. The number of fused-ring (bicyclic) bond motifs is 15. The molecule has 4 aliphatic rings. The molecule has 0 radical (unpaired) electrons. The SMILES string of the molecule is CC1(C)c2cc(-c3ccc4ccccc4c3)ccc2N2c3ccc(-c4ccc5ccccc5c4)cc3C(C)(C)c3cc(-c4ccc5c(c4)c4cc(-c6cc7c8c(c6)C(C)(C)c6cc(-c9ccc%10ccccc%10c9)ccc6N8c6ccc(-c8ccc9ccccc9c8)cc6C7(C)C)ccc4n5-c4ccccc4)cc1c32. The van der Waals surface area contributed by atoms with E-state index in [0.29, 0.717) is 0 Å². The van der Waals surface area contributed by atoms with E-state index in [1.54, 1.807) is 0 Å². The van der Waals surface area contributed by atoms with Crippen molar-refractivity contribution in [2.75, 3.05) is 9.80 Å². The van der Waals surface area contributed by atoms with Gasteiger partial charge in [0.2, 0.25) is 0 Å². The van der Waals surface area contributed by atoms with Gasteiger partial charge in [0.15, 0.2) is 0 Å². The minimum atomic E-state index is -0.392. The van der Waals surface area contributed by atoms with Crippen LogP contribution in [-0.4, -0.2) is 4.57 Å². The van der Waals surface area contributed by atoms with Gasteiger partial charge in [0, 0.05) is 38.1 Å². The standard InChI is InChI=1S/C106H79N3/c1-103(2)87-56-78(72-34-30-64-20-12-16-24-68(64)50-72)40-46-97(87)108-98-47-41-79(73-35-31-65-21-13-17-25-69(65)51-73)57-88(98)104(3,4)92-61-82(60-91(103)101(92)108)76-38-44-95-85(54-76)86-55-77(39-45-96(86)107(95)84-28-10-9-11-29-84)83-62-93-102-94(63-83)106(7,8)90-59-81(75-37-33-67-23-15-19-27-71(67)53-75)43-49-100(90)109(102)99-48-42-80(58-89(99)105(93,5)6)74-36-32-66-22-14-18-26-70(66)52-74/h9-63H,1-8H3. The zero-order chi connectivity index (χ0) is 73.1. The molecule has 109 heavy (non-hydrogen) atoms. The number of hydrogen-bond acceptors (Lipinski definition) is 2. The van der Waals surface area contributed by atoms with Crippen LogP contribution in [0.2, 0.25) is 0 Å². The molecule has 1 aromatic heterocycles. The van der Waals surface area contributed by atoms with Crippen LogP contribution in [0.1, 0.15) is 99.9 Å². The Morgan fingerprint density at radius 2 is 0.413 bits per heavy atom. The highest BCUT2D eigenvalue weighted by atomic mass is 15.2. The summed E-state index contributed by atoms with van der Waals surface area (Å²) in [7, 11) is 0. The molecular formula is C106H79N3. The third-order valence-electron chi connectivity index (χ3n) is 25.8. The van der Waals surface area contributed by atoms with E-state index in [9.17, 15) is 0 Å². The lowest BCUT2D eigenvalue weighted by atomic mass is 9.65.